The van der Waals surface area contributed by atoms with Crippen molar-refractivity contribution in [1.82, 2.24) is 10.2 Å². The zero-order valence-electron chi connectivity index (χ0n) is 15.8. The molecule has 0 fully saturated rings. The molecular formula is C21H19N3O5. The Bertz CT molecular complexity index is 1020. The van der Waals surface area contributed by atoms with Crippen LogP contribution in [0.2, 0.25) is 0 Å². The summed E-state index contributed by atoms with van der Waals surface area (Å²) in [5.74, 6) is 0.301. The van der Waals surface area contributed by atoms with Gasteiger partial charge in [-0.2, -0.15) is 0 Å². The molecule has 1 aromatic heterocycles. The first-order valence-electron chi connectivity index (χ1n) is 9.22. The highest BCUT2D eigenvalue weighted by Crippen LogP contribution is 2.31. The third-order valence-corrected chi connectivity index (χ3v) is 4.44. The molecule has 0 saturated heterocycles. The van der Waals surface area contributed by atoms with Crippen molar-refractivity contribution in [3.05, 3.63) is 60.5 Å². The maximum absolute atomic E-state index is 12.5. The van der Waals surface area contributed by atoms with E-state index in [0.717, 1.165) is 5.56 Å². The van der Waals surface area contributed by atoms with Gasteiger partial charge in [0.05, 0.1) is 18.7 Å². The van der Waals surface area contributed by atoms with Crippen LogP contribution in [0.5, 0.6) is 5.75 Å². The normalized spacial score (nSPS) is 14.5. The van der Waals surface area contributed by atoms with Crippen molar-refractivity contribution in [2.45, 2.75) is 19.4 Å². The van der Waals surface area contributed by atoms with Crippen LogP contribution < -0.4 is 9.64 Å². The highest BCUT2D eigenvalue weighted by Gasteiger charge is 2.27. The first-order chi connectivity index (χ1) is 14.1. The Morgan fingerprint density at radius 3 is 2.72 bits per heavy atom. The molecule has 2 aromatic carbocycles. The van der Waals surface area contributed by atoms with Gasteiger partial charge in [0.2, 0.25) is 11.8 Å². The van der Waals surface area contributed by atoms with E-state index in [4.69, 9.17) is 13.9 Å². The fourth-order valence-electron chi connectivity index (χ4n) is 3.00. The summed E-state index contributed by atoms with van der Waals surface area (Å²) in [5, 5.41) is 7.96. The largest absolute Gasteiger partial charge is 0.491 e. The van der Waals surface area contributed by atoms with E-state index in [1.807, 2.05) is 36.4 Å². The number of fused-ring (bicyclic) bond motifs is 1. The molecule has 2 heterocycles. The molecule has 1 aliphatic heterocycles. The predicted octanol–water partition coefficient (Wildman–Crippen LogP) is 3.16. The van der Waals surface area contributed by atoms with Crippen LogP contribution in [0, 0.1) is 0 Å². The molecule has 0 bridgehead atoms. The Morgan fingerprint density at radius 2 is 1.90 bits per heavy atom. The van der Waals surface area contributed by atoms with Crippen LogP contribution in [0.1, 0.15) is 25.3 Å². The van der Waals surface area contributed by atoms with Crippen LogP contribution in [-0.4, -0.2) is 35.2 Å². The number of carbonyl (C=O) groups is 2. The van der Waals surface area contributed by atoms with Gasteiger partial charge in [-0.15, -0.1) is 10.2 Å². The fraction of sp³-hybridized carbons (Fsp3) is 0.238. The molecule has 29 heavy (non-hydrogen) atoms. The van der Waals surface area contributed by atoms with Crippen LogP contribution >= 0.6 is 0 Å². The topological polar surface area (TPSA) is 94.8 Å². The second-order valence-corrected chi connectivity index (χ2v) is 6.49. The second kappa shape index (κ2) is 8.14. The number of hydrogen-bond acceptors (Lipinski definition) is 7. The van der Waals surface area contributed by atoms with Gasteiger partial charge in [0.1, 0.15) is 12.3 Å². The van der Waals surface area contributed by atoms with Gasteiger partial charge in [0.15, 0.2) is 6.10 Å². The highest BCUT2D eigenvalue weighted by molar-refractivity contribution is 5.99. The Morgan fingerprint density at radius 1 is 1.14 bits per heavy atom. The zero-order chi connectivity index (χ0) is 20.2. The van der Waals surface area contributed by atoms with E-state index >= 15 is 0 Å². The molecule has 0 spiro atoms. The molecule has 8 nitrogen and oxygen atoms in total. The third kappa shape index (κ3) is 4.11. The molecule has 0 unspecified atom stereocenters. The minimum Gasteiger partial charge on any atom is -0.491 e. The molecule has 148 valence electrons. The number of esters is 1. The first-order valence-corrected chi connectivity index (χ1v) is 9.22. The van der Waals surface area contributed by atoms with Crippen molar-refractivity contribution in [3.63, 3.8) is 0 Å². The Hall–Kier alpha value is -3.68. The SMILES string of the molecule is C[C@@H](OC(=O)CN1C(=O)CCOc2ccccc21)c1nnc(-c2ccccc2)o1. The zero-order valence-corrected chi connectivity index (χ0v) is 15.8. The summed E-state index contributed by atoms with van der Waals surface area (Å²) in [6.45, 7) is 1.67. The molecule has 0 aliphatic carbocycles. The Balaban J connectivity index is 1.44. The van der Waals surface area contributed by atoms with E-state index in [9.17, 15) is 9.59 Å². The van der Waals surface area contributed by atoms with E-state index in [1.165, 1.54) is 4.90 Å². The molecule has 3 aromatic rings. The second-order valence-electron chi connectivity index (χ2n) is 6.49. The summed E-state index contributed by atoms with van der Waals surface area (Å²) in [5.41, 5.74) is 1.32. The fourth-order valence-corrected chi connectivity index (χ4v) is 3.00. The maximum atomic E-state index is 12.5. The van der Waals surface area contributed by atoms with Crippen LogP contribution in [0.15, 0.2) is 59.0 Å². The van der Waals surface area contributed by atoms with Crippen LogP contribution in [0.25, 0.3) is 11.5 Å². The molecule has 1 aliphatic rings. The number of para-hydroxylation sites is 2. The van der Waals surface area contributed by atoms with E-state index in [1.54, 1.807) is 25.1 Å². The summed E-state index contributed by atoms with van der Waals surface area (Å²) in [6, 6.07) is 16.4. The summed E-state index contributed by atoms with van der Waals surface area (Å²) in [6.07, 6.45) is -0.567. The summed E-state index contributed by atoms with van der Waals surface area (Å²) < 4.78 is 16.6. The number of benzene rings is 2. The van der Waals surface area contributed by atoms with E-state index < -0.39 is 12.1 Å². The smallest absolute Gasteiger partial charge is 0.326 e. The van der Waals surface area contributed by atoms with Gasteiger partial charge in [-0.25, -0.2) is 0 Å². The van der Waals surface area contributed by atoms with Gasteiger partial charge in [-0.05, 0) is 31.2 Å². The van der Waals surface area contributed by atoms with Crippen LogP contribution in [0.3, 0.4) is 0 Å². The van der Waals surface area contributed by atoms with Crippen molar-refractivity contribution in [1.29, 1.82) is 0 Å². The third-order valence-electron chi connectivity index (χ3n) is 4.44. The van der Waals surface area contributed by atoms with E-state index in [2.05, 4.69) is 10.2 Å². The number of amides is 1. The molecule has 0 N–H and O–H groups in total. The summed E-state index contributed by atoms with van der Waals surface area (Å²) in [7, 11) is 0. The monoisotopic (exact) mass is 393 g/mol. The van der Waals surface area contributed by atoms with Gasteiger partial charge in [-0.3, -0.25) is 14.5 Å². The molecular weight excluding hydrogens is 374 g/mol. The lowest BCUT2D eigenvalue weighted by molar-refractivity contribution is -0.148. The van der Waals surface area contributed by atoms with Crippen LogP contribution in [-0.2, 0) is 14.3 Å². The highest BCUT2D eigenvalue weighted by atomic mass is 16.6. The molecule has 0 radical (unpaired) electrons. The van der Waals surface area contributed by atoms with Crippen molar-refractivity contribution in [2.24, 2.45) is 0 Å². The van der Waals surface area contributed by atoms with E-state index in [-0.39, 0.29) is 31.4 Å². The number of carbonyl (C=O) groups excluding carboxylic acids is 2. The van der Waals surface area contributed by atoms with Crippen molar-refractivity contribution >= 4 is 17.6 Å². The summed E-state index contributed by atoms with van der Waals surface area (Å²) >= 11 is 0. The number of aromatic nitrogens is 2. The number of ether oxygens (including phenoxy) is 2. The van der Waals surface area contributed by atoms with E-state index in [0.29, 0.717) is 17.3 Å². The maximum Gasteiger partial charge on any atom is 0.326 e. The molecule has 8 heteroatoms. The standard InChI is InChI=1S/C21H19N3O5/c1-14(20-22-23-21(29-20)15-7-3-2-4-8-15)28-19(26)13-24-16-9-5-6-10-17(16)27-12-11-18(24)25/h2-10,14H,11-13H2,1H3/t14-/m1/s1. The molecule has 4 rings (SSSR count). The number of hydrogen-bond donors (Lipinski definition) is 0. The lowest BCUT2D eigenvalue weighted by atomic mass is 10.2. The minimum absolute atomic E-state index is 0.182. The number of nitrogens with zero attached hydrogens (tertiary/aromatic N) is 3. The molecule has 0 saturated carbocycles. The quantitative estimate of drug-likeness (QED) is 0.615. The van der Waals surface area contributed by atoms with Crippen molar-refractivity contribution < 1.29 is 23.5 Å². The molecule has 1 amide bonds. The molecule has 1 atom stereocenters. The van der Waals surface area contributed by atoms with Gasteiger partial charge in [0, 0.05) is 5.56 Å². The lowest BCUT2D eigenvalue weighted by Crippen LogP contribution is -2.36. The Kier molecular flexibility index (Phi) is 5.24. The van der Waals surface area contributed by atoms with Gasteiger partial charge in [0.25, 0.3) is 5.89 Å². The summed E-state index contributed by atoms with van der Waals surface area (Å²) in [4.78, 5) is 26.3. The lowest BCUT2D eigenvalue weighted by Gasteiger charge is -2.21. The van der Waals surface area contributed by atoms with Crippen molar-refractivity contribution in [2.75, 3.05) is 18.1 Å². The van der Waals surface area contributed by atoms with Gasteiger partial charge in [-0.1, -0.05) is 30.3 Å². The average molecular weight is 393 g/mol. The van der Waals surface area contributed by atoms with Crippen molar-refractivity contribution in [3.8, 4) is 17.2 Å². The van der Waals surface area contributed by atoms with Gasteiger partial charge < -0.3 is 13.9 Å². The Labute approximate surface area is 167 Å². The van der Waals surface area contributed by atoms with Crippen LogP contribution in [0.4, 0.5) is 5.69 Å². The predicted molar refractivity (Wildman–Crippen MR) is 103 cm³/mol. The average Bonchev–Trinajstić information content (AvgIpc) is 3.18. The number of rotatable bonds is 5. The number of anilines is 1. The first kappa shape index (κ1) is 18.7. The minimum atomic E-state index is -0.749. The van der Waals surface area contributed by atoms with Gasteiger partial charge >= 0.3 is 5.97 Å².